The number of aliphatic hydroxyl groups excluding tert-OH is 1. The molecule has 1 aliphatic rings. The predicted molar refractivity (Wildman–Crippen MR) is 92.1 cm³/mol. The van der Waals surface area contributed by atoms with Gasteiger partial charge in [-0.2, -0.15) is 5.26 Å². The second kappa shape index (κ2) is 7.31. The summed E-state index contributed by atoms with van der Waals surface area (Å²) < 4.78 is 17.4. The summed E-state index contributed by atoms with van der Waals surface area (Å²) in [5.41, 5.74) is 0.405. The lowest BCUT2D eigenvalue weighted by molar-refractivity contribution is 0.0385. The summed E-state index contributed by atoms with van der Waals surface area (Å²) in [6.45, 7) is 0.836. The Hall–Kier alpha value is -2.28. The zero-order chi connectivity index (χ0) is 18.0. The van der Waals surface area contributed by atoms with Crippen molar-refractivity contribution in [3.8, 4) is 17.5 Å². The van der Waals surface area contributed by atoms with Crippen LogP contribution in [0, 0.1) is 11.3 Å². The molecular weight excluding hydrogens is 342 g/mol. The lowest BCUT2D eigenvalue weighted by Gasteiger charge is -2.36. The van der Waals surface area contributed by atoms with Crippen LogP contribution in [0.25, 0.3) is 11.5 Å². The second-order valence-corrected chi connectivity index (χ2v) is 7.19. The molecule has 0 bridgehead atoms. The van der Waals surface area contributed by atoms with Crippen LogP contribution in [0.5, 0.6) is 0 Å². The minimum Gasteiger partial charge on any atom is -0.463 e. The minimum atomic E-state index is -1.48. The number of nitrogens with zero attached hydrogens (tertiary/aromatic N) is 4. The van der Waals surface area contributed by atoms with E-state index in [1.807, 2.05) is 18.0 Å². The number of aliphatic hydroxyl groups is 1. The fourth-order valence-corrected chi connectivity index (χ4v) is 3.53. The lowest BCUT2D eigenvalue weighted by atomic mass is 10.1. The average molecular weight is 361 g/mol. The summed E-state index contributed by atoms with van der Waals surface area (Å²) >= 11 is 0. The number of piperidine rings is 1. The SMILES string of the molecule is CN1CCCC(O)C1Nc1nc(-c2ccco2)c(C#N)c(S(C)=O)n1. The van der Waals surface area contributed by atoms with Crippen LogP contribution in [0.2, 0.25) is 0 Å². The van der Waals surface area contributed by atoms with E-state index in [1.54, 1.807) is 12.1 Å². The minimum absolute atomic E-state index is 0.124. The van der Waals surface area contributed by atoms with E-state index < -0.39 is 16.9 Å². The maximum atomic E-state index is 12.1. The molecule has 0 spiro atoms. The quantitative estimate of drug-likeness (QED) is 0.780. The largest absolute Gasteiger partial charge is 0.463 e. The van der Waals surface area contributed by atoms with E-state index in [9.17, 15) is 14.6 Å². The van der Waals surface area contributed by atoms with Crippen molar-refractivity contribution in [1.82, 2.24) is 14.9 Å². The molecule has 0 amide bonds. The molecule has 3 atom stereocenters. The van der Waals surface area contributed by atoms with Crippen molar-refractivity contribution < 1.29 is 13.7 Å². The fraction of sp³-hybridized carbons (Fsp3) is 0.438. The predicted octanol–water partition coefficient (Wildman–Crippen LogP) is 1.17. The number of likely N-dealkylation sites (N-methyl/N-ethyl adjacent to an activating group) is 1. The van der Waals surface area contributed by atoms with E-state index in [1.165, 1.54) is 12.5 Å². The topological polar surface area (TPSA) is 115 Å². The van der Waals surface area contributed by atoms with Crippen molar-refractivity contribution in [2.45, 2.75) is 30.1 Å². The van der Waals surface area contributed by atoms with E-state index in [0.29, 0.717) is 12.2 Å². The molecule has 0 radical (unpaired) electrons. The molecule has 25 heavy (non-hydrogen) atoms. The molecule has 0 aliphatic carbocycles. The first kappa shape index (κ1) is 17.5. The van der Waals surface area contributed by atoms with Crippen LogP contribution in [-0.4, -0.2) is 56.3 Å². The van der Waals surface area contributed by atoms with Gasteiger partial charge in [-0.15, -0.1) is 0 Å². The number of rotatable bonds is 4. The highest BCUT2D eigenvalue weighted by Crippen LogP contribution is 2.27. The summed E-state index contributed by atoms with van der Waals surface area (Å²) in [5.74, 6) is 0.597. The van der Waals surface area contributed by atoms with Gasteiger partial charge in [0, 0.05) is 6.26 Å². The van der Waals surface area contributed by atoms with Gasteiger partial charge in [0.1, 0.15) is 23.5 Å². The van der Waals surface area contributed by atoms with Gasteiger partial charge < -0.3 is 14.8 Å². The maximum Gasteiger partial charge on any atom is 0.225 e. The molecule has 3 rings (SSSR count). The monoisotopic (exact) mass is 361 g/mol. The summed E-state index contributed by atoms with van der Waals surface area (Å²) in [6, 6.07) is 5.38. The summed E-state index contributed by atoms with van der Waals surface area (Å²) in [7, 11) is 0.421. The first-order valence-electron chi connectivity index (χ1n) is 7.85. The fourth-order valence-electron chi connectivity index (χ4n) is 2.88. The van der Waals surface area contributed by atoms with Gasteiger partial charge in [0.05, 0.1) is 23.2 Å². The smallest absolute Gasteiger partial charge is 0.225 e. The molecule has 1 saturated heterocycles. The Morgan fingerprint density at radius 3 is 2.92 bits per heavy atom. The van der Waals surface area contributed by atoms with E-state index in [4.69, 9.17) is 4.42 Å². The maximum absolute atomic E-state index is 12.1. The van der Waals surface area contributed by atoms with Gasteiger partial charge in [0.2, 0.25) is 5.95 Å². The van der Waals surface area contributed by atoms with Crippen molar-refractivity contribution in [2.24, 2.45) is 0 Å². The third-order valence-electron chi connectivity index (χ3n) is 4.14. The highest BCUT2D eigenvalue weighted by Gasteiger charge is 2.29. The van der Waals surface area contributed by atoms with Crippen molar-refractivity contribution in [1.29, 1.82) is 5.26 Å². The van der Waals surface area contributed by atoms with Gasteiger partial charge in [0.15, 0.2) is 10.8 Å². The standard InChI is InChI=1S/C16H19N5O3S/c1-21-7-3-5-11(22)14(21)19-16-18-13(12-6-4-8-24-12)10(9-17)15(20-16)25(2)23/h4,6,8,11,14,22H,3,5,7H2,1-2H3,(H,18,19,20). The zero-order valence-corrected chi connectivity index (χ0v) is 14.8. The number of hydrogen-bond acceptors (Lipinski definition) is 8. The van der Waals surface area contributed by atoms with Crippen molar-refractivity contribution in [3.05, 3.63) is 24.0 Å². The molecule has 0 saturated carbocycles. The van der Waals surface area contributed by atoms with E-state index in [0.717, 1.165) is 13.0 Å². The number of likely N-dealkylation sites (tertiary alicyclic amines) is 1. The second-order valence-electron chi connectivity index (χ2n) is 5.90. The molecule has 0 aromatic carbocycles. The molecule has 3 heterocycles. The molecule has 2 N–H and O–H groups in total. The molecule has 2 aromatic rings. The van der Waals surface area contributed by atoms with E-state index in [2.05, 4.69) is 15.3 Å². The third-order valence-corrected chi connectivity index (χ3v) is 4.98. The number of anilines is 1. The van der Waals surface area contributed by atoms with Gasteiger partial charge in [-0.1, -0.05) is 0 Å². The zero-order valence-electron chi connectivity index (χ0n) is 14.0. The van der Waals surface area contributed by atoms with Crippen molar-refractivity contribution in [2.75, 3.05) is 25.2 Å². The number of nitriles is 1. The highest BCUT2D eigenvalue weighted by molar-refractivity contribution is 7.84. The van der Waals surface area contributed by atoms with Crippen LogP contribution in [0.1, 0.15) is 18.4 Å². The Balaban J connectivity index is 2.05. The Bertz CT molecular complexity index is 808. The molecule has 2 aromatic heterocycles. The first-order valence-corrected chi connectivity index (χ1v) is 9.41. The Morgan fingerprint density at radius 1 is 1.52 bits per heavy atom. The molecule has 1 aliphatic heterocycles. The number of furan rings is 1. The number of nitrogens with one attached hydrogen (secondary N) is 1. The molecular formula is C16H19N5O3S. The van der Waals surface area contributed by atoms with Crippen LogP contribution >= 0.6 is 0 Å². The lowest BCUT2D eigenvalue weighted by Crippen LogP contribution is -2.51. The van der Waals surface area contributed by atoms with Gasteiger partial charge >= 0.3 is 0 Å². The normalized spacial score (nSPS) is 22.3. The first-order chi connectivity index (χ1) is 12.0. The molecule has 8 nitrogen and oxygen atoms in total. The molecule has 132 valence electrons. The van der Waals surface area contributed by atoms with Crippen molar-refractivity contribution in [3.63, 3.8) is 0 Å². The number of hydrogen-bond donors (Lipinski definition) is 2. The van der Waals surface area contributed by atoms with E-state index >= 15 is 0 Å². The molecule has 9 heteroatoms. The average Bonchev–Trinajstić information content (AvgIpc) is 3.11. The van der Waals surface area contributed by atoms with Crippen LogP contribution in [-0.2, 0) is 10.8 Å². The molecule has 1 fully saturated rings. The van der Waals surface area contributed by atoms with Gasteiger partial charge in [-0.05, 0) is 38.6 Å². The van der Waals surface area contributed by atoms with E-state index in [-0.39, 0.29) is 28.4 Å². The summed E-state index contributed by atoms with van der Waals surface area (Å²) in [4.78, 5) is 10.6. The van der Waals surface area contributed by atoms with Crippen LogP contribution in [0.3, 0.4) is 0 Å². The number of aromatic nitrogens is 2. The van der Waals surface area contributed by atoms with Crippen LogP contribution in [0.4, 0.5) is 5.95 Å². The van der Waals surface area contributed by atoms with Gasteiger partial charge in [-0.25, -0.2) is 9.97 Å². The van der Waals surface area contributed by atoms with Crippen molar-refractivity contribution >= 4 is 16.7 Å². The third kappa shape index (κ3) is 3.56. The van der Waals surface area contributed by atoms with Gasteiger partial charge in [0.25, 0.3) is 0 Å². The summed E-state index contributed by atoms with van der Waals surface area (Å²) in [5, 5.41) is 22.9. The van der Waals surface area contributed by atoms with Crippen LogP contribution in [0.15, 0.2) is 27.8 Å². The Morgan fingerprint density at radius 2 is 2.32 bits per heavy atom. The molecule has 3 unspecified atom stereocenters. The Kier molecular flexibility index (Phi) is 5.13. The van der Waals surface area contributed by atoms with Crippen LogP contribution < -0.4 is 5.32 Å². The van der Waals surface area contributed by atoms with Gasteiger partial charge in [-0.3, -0.25) is 9.11 Å². The Labute approximate surface area is 148 Å². The highest BCUT2D eigenvalue weighted by atomic mass is 32.2. The summed E-state index contributed by atoms with van der Waals surface area (Å²) in [6.07, 6.45) is 3.60.